The molecule has 0 bridgehead atoms. The molecule has 2 aromatic rings. The molecule has 1 N–H and O–H groups in total. The second kappa shape index (κ2) is 9.10. The van der Waals surface area contributed by atoms with E-state index in [-0.39, 0.29) is 42.9 Å². The molecule has 1 unspecified atom stereocenters. The minimum absolute atomic E-state index is 0.00856. The summed E-state index contributed by atoms with van der Waals surface area (Å²) in [5.41, 5.74) is 1.39. The minimum atomic E-state index is -3.82. The first-order valence-electron chi connectivity index (χ1n) is 9.94. The van der Waals surface area contributed by atoms with E-state index in [1.807, 2.05) is 13.8 Å². The second-order valence-electron chi connectivity index (χ2n) is 7.89. The maximum Gasteiger partial charge on any atom is 0.586 e. The molecule has 1 aliphatic heterocycles. The van der Waals surface area contributed by atoms with Gasteiger partial charge in [-0.05, 0) is 29.0 Å². The smallest absolute Gasteiger partial charge is 0.395 e. The van der Waals surface area contributed by atoms with Gasteiger partial charge in [0.2, 0.25) is 0 Å². The Kier molecular flexibility index (Phi) is 6.84. The topological polar surface area (TPSA) is 103 Å². The second-order valence-corrected chi connectivity index (χ2v) is 9.06. The molecule has 32 heavy (non-hydrogen) atoms. The number of ether oxygens (including phenoxy) is 2. The van der Waals surface area contributed by atoms with E-state index in [1.165, 1.54) is 6.07 Å². The number of rotatable bonds is 7. The third-order valence-electron chi connectivity index (χ3n) is 4.82. The quantitative estimate of drug-likeness (QED) is 0.596. The van der Waals surface area contributed by atoms with E-state index < -0.39 is 33.6 Å². The Labute approximate surface area is 184 Å². The fourth-order valence-corrected chi connectivity index (χ4v) is 4.36. The Morgan fingerprint density at radius 3 is 2.56 bits per heavy atom. The van der Waals surface area contributed by atoms with Gasteiger partial charge in [0.05, 0.1) is 36.4 Å². The van der Waals surface area contributed by atoms with Crippen molar-refractivity contribution >= 4 is 16.5 Å². The molecule has 1 aromatic heterocycles. The Hall–Kier alpha value is -2.60. The van der Waals surface area contributed by atoms with E-state index in [2.05, 4.69) is 14.2 Å². The number of carbonyl (C=O) groups excluding carboxylic acids is 1. The van der Waals surface area contributed by atoms with Gasteiger partial charge in [0.25, 0.3) is 5.91 Å². The molecule has 176 valence electrons. The number of alkyl halides is 2. The number of nitrogens with zero attached hydrogens (tertiary/aromatic N) is 3. The van der Waals surface area contributed by atoms with Gasteiger partial charge in [-0.1, -0.05) is 27.7 Å². The summed E-state index contributed by atoms with van der Waals surface area (Å²) in [6, 6.07) is 1.41. The third kappa shape index (κ3) is 4.90. The molecular weight excluding hydrogens is 451 g/mol. The van der Waals surface area contributed by atoms with Crippen molar-refractivity contribution in [2.24, 2.45) is 4.36 Å². The van der Waals surface area contributed by atoms with Crippen molar-refractivity contribution in [1.29, 1.82) is 0 Å². The van der Waals surface area contributed by atoms with Crippen molar-refractivity contribution in [1.82, 2.24) is 9.78 Å². The lowest BCUT2D eigenvalue weighted by atomic mass is 9.86. The standard InChI is InChI=1S/C20H24F3N3O5S/c1-10(2)12-7-15-18(31-20(22,23)30-15)17(11(3)4)13(12)8-16(28)25-32(29)19-14(21)9-26(24-19)5-6-27/h7,9-11,27,32H,5-6,8H2,1-4H3. The van der Waals surface area contributed by atoms with E-state index in [9.17, 15) is 22.2 Å². The van der Waals surface area contributed by atoms with Crippen LogP contribution in [0.4, 0.5) is 13.2 Å². The van der Waals surface area contributed by atoms with Crippen LogP contribution in [0.5, 0.6) is 11.5 Å². The summed E-state index contributed by atoms with van der Waals surface area (Å²) in [5, 5.41) is 12.2. The van der Waals surface area contributed by atoms with Gasteiger partial charge in [-0.15, -0.1) is 8.78 Å². The number of thiol groups is 1. The Balaban J connectivity index is 2.00. The molecule has 2 heterocycles. The number of benzene rings is 1. The fraction of sp³-hybridized carbons (Fsp3) is 0.500. The summed E-state index contributed by atoms with van der Waals surface area (Å²) in [6.07, 6.45) is -3.21. The SMILES string of the molecule is CC(C)c1cc2c(c(C(C)C)c1CC(=O)/N=[SH](=O)/c1nn(CCO)cc1F)OC(F)(F)O2. The number of fused-ring (bicyclic) bond motifs is 1. The van der Waals surface area contributed by atoms with Crippen LogP contribution in [0.2, 0.25) is 0 Å². The molecule has 0 aliphatic carbocycles. The van der Waals surface area contributed by atoms with E-state index in [0.29, 0.717) is 16.7 Å². The van der Waals surface area contributed by atoms with Crippen molar-refractivity contribution in [2.75, 3.05) is 6.61 Å². The van der Waals surface area contributed by atoms with Gasteiger partial charge >= 0.3 is 6.29 Å². The Bertz CT molecular complexity index is 1120. The number of hydrogen-bond donors (Lipinski definition) is 2. The third-order valence-corrected chi connectivity index (χ3v) is 5.89. The summed E-state index contributed by atoms with van der Waals surface area (Å²) in [7, 11) is -2.83. The maximum atomic E-state index is 14.0. The molecule has 12 heteroatoms. The molecular formula is C20H24F3N3O5S. The van der Waals surface area contributed by atoms with E-state index >= 15 is 0 Å². The van der Waals surface area contributed by atoms with Crippen LogP contribution in [0.15, 0.2) is 21.7 Å². The lowest BCUT2D eigenvalue weighted by Crippen LogP contribution is -2.26. The molecule has 8 nitrogen and oxygen atoms in total. The molecule has 1 amide bonds. The van der Waals surface area contributed by atoms with E-state index in [1.54, 1.807) is 13.8 Å². The molecule has 1 atom stereocenters. The average molecular weight is 475 g/mol. The Morgan fingerprint density at radius 2 is 1.97 bits per heavy atom. The first-order chi connectivity index (χ1) is 14.9. The molecule has 1 aliphatic rings. The number of carbonyl (C=O) groups is 1. The number of aliphatic hydroxyl groups excluding tert-OH is 1. The highest BCUT2D eigenvalue weighted by Crippen LogP contribution is 2.49. The van der Waals surface area contributed by atoms with Crippen LogP contribution in [-0.4, -0.2) is 37.9 Å². The van der Waals surface area contributed by atoms with Crippen LogP contribution in [0.25, 0.3) is 0 Å². The number of halogens is 3. The Morgan fingerprint density at radius 1 is 1.28 bits per heavy atom. The lowest BCUT2D eigenvalue weighted by molar-refractivity contribution is -0.287. The van der Waals surface area contributed by atoms with Gasteiger partial charge in [0.15, 0.2) is 22.3 Å². The first kappa shape index (κ1) is 24.1. The van der Waals surface area contributed by atoms with Crippen molar-refractivity contribution in [2.45, 2.75) is 63.8 Å². The number of hydrogen-bond acceptors (Lipinski definition) is 6. The fourth-order valence-electron chi connectivity index (χ4n) is 3.56. The van der Waals surface area contributed by atoms with E-state index in [0.717, 1.165) is 10.9 Å². The predicted molar refractivity (Wildman–Crippen MR) is 109 cm³/mol. The lowest BCUT2D eigenvalue weighted by Gasteiger charge is -2.20. The van der Waals surface area contributed by atoms with Crippen molar-refractivity contribution in [3.63, 3.8) is 0 Å². The highest BCUT2D eigenvalue weighted by atomic mass is 32.2. The normalized spacial score (nSPS) is 15.7. The zero-order chi connectivity index (χ0) is 23.8. The van der Waals surface area contributed by atoms with Gasteiger partial charge in [-0.3, -0.25) is 9.48 Å². The average Bonchev–Trinajstić information content (AvgIpc) is 3.18. The summed E-state index contributed by atoms with van der Waals surface area (Å²) >= 11 is 0. The van der Waals surface area contributed by atoms with Crippen LogP contribution in [0.1, 0.15) is 56.2 Å². The van der Waals surface area contributed by atoms with Gasteiger partial charge < -0.3 is 14.6 Å². The molecule has 0 saturated heterocycles. The van der Waals surface area contributed by atoms with Crippen molar-refractivity contribution in [3.05, 3.63) is 34.8 Å². The zero-order valence-corrected chi connectivity index (χ0v) is 18.8. The van der Waals surface area contributed by atoms with Crippen LogP contribution in [0, 0.1) is 5.82 Å². The first-order valence-corrected chi connectivity index (χ1v) is 11.2. The van der Waals surface area contributed by atoms with Crippen LogP contribution in [-0.2, 0) is 28.4 Å². The molecule has 0 radical (unpaired) electrons. The van der Waals surface area contributed by atoms with E-state index in [4.69, 9.17) is 9.84 Å². The highest BCUT2D eigenvalue weighted by molar-refractivity contribution is 7.75. The monoisotopic (exact) mass is 475 g/mol. The molecule has 1 aromatic carbocycles. The molecule has 3 rings (SSSR count). The van der Waals surface area contributed by atoms with Gasteiger partial charge in [0, 0.05) is 5.56 Å². The van der Waals surface area contributed by atoms with Crippen LogP contribution in [0.3, 0.4) is 0 Å². The molecule has 0 saturated carbocycles. The summed E-state index contributed by atoms with van der Waals surface area (Å²) in [5.74, 6) is -2.45. The molecule has 0 fully saturated rings. The maximum absolute atomic E-state index is 14.0. The van der Waals surface area contributed by atoms with Crippen molar-refractivity contribution in [3.8, 4) is 11.5 Å². The number of aromatic nitrogens is 2. The summed E-state index contributed by atoms with van der Waals surface area (Å²) < 4.78 is 67.8. The van der Waals surface area contributed by atoms with Crippen molar-refractivity contribution < 1.29 is 36.8 Å². The predicted octanol–water partition coefficient (Wildman–Crippen LogP) is 3.38. The highest BCUT2D eigenvalue weighted by Gasteiger charge is 2.46. The van der Waals surface area contributed by atoms with Crippen LogP contribution < -0.4 is 9.47 Å². The molecule has 0 spiro atoms. The summed E-state index contributed by atoms with van der Waals surface area (Å²) in [4.78, 5) is 12.6. The summed E-state index contributed by atoms with van der Waals surface area (Å²) in [6.45, 7) is 6.86. The number of amides is 1. The number of aliphatic hydroxyl groups is 1. The largest absolute Gasteiger partial charge is 0.586 e. The minimum Gasteiger partial charge on any atom is -0.395 e. The van der Waals surface area contributed by atoms with Crippen LogP contribution >= 0.6 is 0 Å². The van der Waals surface area contributed by atoms with Gasteiger partial charge in [-0.25, -0.2) is 8.60 Å². The van der Waals surface area contributed by atoms with Gasteiger partial charge in [0.1, 0.15) is 0 Å². The zero-order valence-electron chi connectivity index (χ0n) is 17.9. The van der Waals surface area contributed by atoms with Gasteiger partial charge in [-0.2, -0.15) is 9.46 Å².